The Labute approximate surface area is 107 Å². The Morgan fingerprint density at radius 3 is 2.29 bits per heavy atom. The molecule has 1 fully saturated rings. The van der Waals surface area contributed by atoms with E-state index in [1.54, 1.807) is 0 Å². The van der Waals surface area contributed by atoms with Crippen LogP contribution in [0.25, 0.3) is 0 Å². The van der Waals surface area contributed by atoms with E-state index in [0.717, 1.165) is 19.3 Å². The monoisotopic (exact) mass is 239 g/mol. The molecule has 1 saturated carbocycles. The molecule has 0 heterocycles. The maximum Gasteiger partial charge on any atom is 0.156 e. The second kappa shape index (κ2) is 5.99. The summed E-state index contributed by atoms with van der Waals surface area (Å²) in [6.07, 6.45) is 6.98. The van der Waals surface area contributed by atoms with E-state index in [-0.39, 0.29) is 5.54 Å². The first-order valence-electron chi connectivity index (χ1n) is 7.19. The highest BCUT2D eigenvalue weighted by Crippen LogP contribution is 2.36. The van der Waals surface area contributed by atoms with Gasteiger partial charge >= 0.3 is 0 Å². The lowest BCUT2D eigenvalue weighted by molar-refractivity contribution is -0.136. The fourth-order valence-electron chi connectivity index (χ4n) is 3.15. The van der Waals surface area contributed by atoms with E-state index < -0.39 is 0 Å². The van der Waals surface area contributed by atoms with Gasteiger partial charge in [-0.3, -0.25) is 9.69 Å². The van der Waals surface area contributed by atoms with E-state index >= 15 is 0 Å². The van der Waals surface area contributed by atoms with Gasteiger partial charge in [0.1, 0.15) is 0 Å². The number of hydrogen-bond acceptors (Lipinski definition) is 2. The highest BCUT2D eigenvalue weighted by atomic mass is 16.1. The topological polar surface area (TPSA) is 20.3 Å². The molecule has 3 atom stereocenters. The maximum atomic E-state index is 12.8. The molecule has 0 amide bonds. The fraction of sp³-hybridized carbons (Fsp3) is 0.933. The van der Waals surface area contributed by atoms with Crippen molar-refractivity contribution in [1.29, 1.82) is 0 Å². The minimum atomic E-state index is -0.268. The van der Waals surface area contributed by atoms with Crippen molar-refractivity contribution in [3.63, 3.8) is 0 Å². The highest BCUT2D eigenvalue weighted by Gasteiger charge is 2.41. The van der Waals surface area contributed by atoms with Crippen LogP contribution < -0.4 is 0 Å². The molecule has 0 N–H and O–H groups in total. The normalized spacial score (nSPS) is 29.1. The summed E-state index contributed by atoms with van der Waals surface area (Å²) < 4.78 is 0. The second-order valence-electron chi connectivity index (χ2n) is 5.95. The van der Waals surface area contributed by atoms with Crippen LogP contribution >= 0.6 is 0 Å². The van der Waals surface area contributed by atoms with E-state index in [9.17, 15) is 4.79 Å². The summed E-state index contributed by atoms with van der Waals surface area (Å²) in [5.74, 6) is 1.42. The molecule has 0 saturated heterocycles. The molecule has 0 bridgehead atoms. The second-order valence-corrected chi connectivity index (χ2v) is 5.95. The third kappa shape index (κ3) is 2.90. The summed E-state index contributed by atoms with van der Waals surface area (Å²) in [6.45, 7) is 6.47. The third-order valence-corrected chi connectivity index (χ3v) is 4.98. The molecule has 0 aliphatic heterocycles. The van der Waals surface area contributed by atoms with Gasteiger partial charge in [-0.2, -0.15) is 0 Å². The van der Waals surface area contributed by atoms with E-state index in [0.29, 0.717) is 17.6 Å². The minimum Gasteiger partial charge on any atom is -0.297 e. The summed E-state index contributed by atoms with van der Waals surface area (Å²) in [7, 11) is 4.07. The lowest BCUT2D eigenvalue weighted by atomic mass is 9.70. The molecule has 100 valence electrons. The minimum absolute atomic E-state index is 0.268. The van der Waals surface area contributed by atoms with Crippen molar-refractivity contribution in [2.24, 2.45) is 11.8 Å². The van der Waals surface area contributed by atoms with Crippen molar-refractivity contribution in [3.8, 4) is 0 Å². The summed E-state index contributed by atoms with van der Waals surface area (Å²) in [6, 6.07) is 0. The zero-order valence-electron chi connectivity index (χ0n) is 12.3. The average molecular weight is 239 g/mol. The Bertz CT molecular complexity index is 262. The van der Waals surface area contributed by atoms with Gasteiger partial charge in [0.2, 0.25) is 0 Å². The molecular formula is C15H29NO. The molecule has 1 aliphatic rings. The predicted molar refractivity (Wildman–Crippen MR) is 73.1 cm³/mol. The first kappa shape index (κ1) is 14.7. The van der Waals surface area contributed by atoms with Crippen LogP contribution in [0.15, 0.2) is 0 Å². The number of carbonyl (C=O) groups excluding carboxylic acids is 1. The van der Waals surface area contributed by atoms with Gasteiger partial charge in [0.25, 0.3) is 0 Å². The number of ketones is 1. The average Bonchev–Trinajstić information content (AvgIpc) is 2.36. The Hall–Kier alpha value is -0.370. The molecule has 0 aromatic carbocycles. The molecule has 0 aromatic heterocycles. The van der Waals surface area contributed by atoms with E-state index in [4.69, 9.17) is 0 Å². The van der Waals surface area contributed by atoms with Crippen molar-refractivity contribution in [2.45, 2.75) is 64.8 Å². The number of nitrogens with zero attached hydrogens (tertiary/aromatic N) is 1. The molecule has 1 rings (SSSR count). The Kier molecular flexibility index (Phi) is 5.18. The van der Waals surface area contributed by atoms with Crippen molar-refractivity contribution < 1.29 is 4.79 Å². The Balaban J connectivity index is 2.85. The molecule has 0 radical (unpaired) electrons. The predicted octanol–water partition coefficient (Wildman–Crippen LogP) is 3.50. The van der Waals surface area contributed by atoms with E-state index in [1.165, 1.54) is 19.3 Å². The van der Waals surface area contributed by atoms with Crippen LogP contribution in [0.4, 0.5) is 0 Å². The fourth-order valence-corrected chi connectivity index (χ4v) is 3.15. The number of rotatable bonds is 5. The van der Waals surface area contributed by atoms with Gasteiger partial charge in [-0.05, 0) is 46.2 Å². The van der Waals surface area contributed by atoms with Gasteiger partial charge in [0.05, 0.1) is 5.54 Å². The van der Waals surface area contributed by atoms with E-state index in [1.807, 2.05) is 14.1 Å². The van der Waals surface area contributed by atoms with Crippen LogP contribution in [-0.2, 0) is 4.79 Å². The third-order valence-electron chi connectivity index (χ3n) is 4.98. The molecule has 2 heteroatoms. The standard InChI is InChI=1S/C15H29NO/c1-6-12-10-8-9-11-13(12)14(17)15(3,7-2)16(4)5/h12-13H,6-11H2,1-5H3. The molecule has 2 nitrogen and oxygen atoms in total. The molecule has 17 heavy (non-hydrogen) atoms. The van der Waals surface area contributed by atoms with Crippen molar-refractivity contribution >= 4 is 5.78 Å². The SMILES string of the molecule is CCC1CCCCC1C(=O)C(C)(CC)N(C)C. The largest absolute Gasteiger partial charge is 0.297 e. The smallest absolute Gasteiger partial charge is 0.156 e. The highest BCUT2D eigenvalue weighted by molar-refractivity contribution is 5.90. The van der Waals surface area contributed by atoms with Gasteiger partial charge in [0, 0.05) is 5.92 Å². The maximum absolute atomic E-state index is 12.8. The van der Waals surface area contributed by atoms with Crippen molar-refractivity contribution in [2.75, 3.05) is 14.1 Å². The van der Waals surface area contributed by atoms with Gasteiger partial charge in [-0.25, -0.2) is 0 Å². The number of likely N-dealkylation sites (N-methyl/N-ethyl adjacent to an activating group) is 1. The summed E-state index contributed by atoms with van der Waals surface area (Å²) in [5, 5.41) is 0. The van der Waals surface area contributed by atoms with Crippen LogP contribution in [0, 0.1) is 11.8 Å². The Morgan fingerprint density at radius 1 is 1.24 bits per heavy atom. The lowest BCUT2D eigenvalue weighted by Gasteiger charge is -2.40. The lowest BCUT2D eigenvalue weighted by Crippen LogP contribution is -2.52. The zero-order valence-corrected chi connectivity index (χ0v) is 12.3. The van der Waals surface area contributed by atoms with Gasteiger partial charge in [-0.15, -0.1) is 0 Å². The van der Waals surface area contributed by atoms with Crippen LogP contribution in [0.3, 0.4) is 0 Å². The molecule has 0 aromatic rings. The van der Waals surface area contributed by atoms with Crippen molar-refractivity contribution in [3.05, 3.63) is 0 Å². The quantitative estimate of drug-likeness (QED) is 0.732. The summed E-state index contributed by atoms with van der Waals surface area (Å²) in [5.41, 5.74) is -0.268. The Morgan fingerprint density at radius 2 is 1.82 bits per heavy atom. The van der Waals surface area contributed by atoms with Gasteiger partial charge in [-0.1, -0.05) is 33.1 Å². The van der Waals surface area contributed by atoms with Crippen LogP contribution in [0.2, 0.25) is 0 Å². The number of hydrogen-bond donors (Lipinski definition) is 0. The van der Waals surface area contributed by atoms with Crippen LogP contribution in [0.1, 0.15) is 59.3 Å². The number of carbonyl (C=O) groups is 1. The molecule has 3 unspecified atom stereocenters. The van der Waals surface area contributed by atoms with Crippen molar-refractivity contribution in [1.82, 2.24) is 4.90 Å². The number of Topliss-reactive ketones (excluding diaryl/α,β-unsaturated/α-hetero) is 1. The molecule has 1 aliphatic carbocycles. The summed E-state index contributed by atoms with van der Waals surface area (Å²) >= 11 is 0. The molecule has 0 spiro atoms. The van der Waals surface area contributed by atoms with Gasteiger partial charge in [0.15, 0.2) is 5.78 Å². The zero-order chi connectivity index (χ0) is 13.1. The van der Waals surface area contributed by atoms with Crippen LogP contribution in [0.5, 0.6) is 0 Å². The first-order valence-corrected chi connectivity index (χ1v) is 7.19. The van der Waals surface area contributed by atoms with Crippen LogP contribution in [-0.4, -0.2) is 30.3 Å². The van der Waals surface area contributed by atoms with Gasteiger partial charge < -0.3 is 0 Å². The molecular weight excluding hydrogens is 210 g/mol. The summed E-state index contributed by atoms with van der Waals surface area (Å²) in [4.78, 5) is 14.9. The first-order chi connectivity index (χ1) is 7.97. The van der Waals surface area contributed by atoms with E-state index in [2.05, 4.69) is 25.7 Å².